The number of aromatic nitrogens is 2. The summed E-state index contributed by atoms with van der Waals surface area (Å²) in [6.45, 7) is 0.0891. The van der Waals surface area contributed by atoms with Crippen LogP contribution in [0.15, 0.2) is 23.4 Å². The number of imidazole rings is 1. The number of hydrogen-bond acceptors (Lipinski definition) is 4. The van der Waals surface area contributed by atoms with E-state index in [-0.39, 0.29) is 18.2 Å². The Morgan fingerprint density at radius 2 is 2.14 bits per heavy atom. The third-order valence-corrected chi connectivity index (χ3v) is 3.99. The van der Waals surface area contributed by atoms with Gasteiger partial charge in [0.05, 0.1) is 16.8 Å². The average Bonchev–Trinajstić information content (AvgIpc) is 2.74. The van der Waals surface area contributed by atoms with Crippen LogP contribution in [0.1, 0.15) is 0 Å². The van der Waals surface area contributed by atoms with Gasteiger partial charge < -0.3 is 14.6 Å². The van der Waals surface area contributed by atoms with Gasteiger partial charge in [-0.2, -0.15) is 0 Å². The Labute approximate surface area is 130 Å². The van der Waals surface area contributed by atoms with Gasteiger partial charge in [-0.05, 0) is 18.2 Å². The molecular weight excluding hydrogens is 314 g/mol. The minimum absolute atomic E-state index is 0.0891. The second-order valence-corrected chi connectivity index (χ2v) is 5.96. The number of amides is 1. The molecule has 0 saturated heterocycles. The molecule has 0 aliphatic carbocycles. The smallest absolute Gasteiger partial charge is 0.313 e. The highest BCUT2D eigenvalue weighted by molar-refractivity contribution is 7.99. The predicted octanol–water partition coefficient (Wildman–Crippen LogP) is 1.95. The molecule has 0 radical (unpaired) electrons. The van der Waals surface area contributed by atoms with Gasteiger partial charge in [-0.25, -0.2) is 4.98 Å². The van der Waals surface area contributed by atoms with E-state index in [0.29, 0.717) is 21.2 Å². The number of nitrogens with zero attached hydrogens (tertiary/aromatic N) is 3. The zero-order valence-corrected chi connectivity index (χ0v) is 13.1. The summed E-state index contributed by atoms with van der Waals surface area (Å²) in [5.41, 5.74) is 1.39. The van der Waals surface area contributed by atoms with E-state index >= 15 is 0 Å². The minimum Gasteiger partial charge on any atom is -0.481 e. The van der Waals surface area contributed by atoms with E-state index in [4.69, 9.17) is 16.7 Å². The van der Waals surface area contributed by atoms with Crippen molar-refractivity contribution >= 4 is 46.3 Å². The number of halogens is 1. The summed E-state index contributed by atoms with van der Waals surface area (Å²) < 4.78 is 1.69. The summed E-state index contributed by atoms with van der Waals surface area (Å²) in [5, 5.41) is 9.83. The van der Waals surface area contributed by atoms with E-state index in [1.807, 2.05) is 0 Å². The van der Waals surface area contributed by atoms with Crippen molar-refractivity contribution in [1.82, 2.24) is 14.5 Å². The largest absolute Gasteiger partial charge is 0.481 e. The molecule has 6 nitrogen and oxygen atoms in total. The highest BCUT2D eigenvalue weighted by atomic mass is 35.5. The molecule has 1 aromatic heterocycles. The van der Waals surface area contributed by atoms with Crippen LogP contribution < -0.4 is 0 Å². The molecule has 2 aromatic rings. The Morgan fingerprint density at radius 3 is 2.76 bits per heavy atom. The fourth-order valence-electron chi connectivity index (χ4n) is 1.74. The van der Waals surface area contributed by atoms with Crippen LogP contribution >= 0.6 is 23.4 Å². The summed E-state index contributed by atoms with van der Waals surface area (Å²) in [4.78, 5) is 28.5. The molecule has 0 atom stereocenters. The van der Waals surface area contributed by atoms with Gasteiger partial charge in [-0.1, -0.05) is 23.4 Å². The Morgan fingerprint density at radius 1 is 1.43 bits per heavy atom. The van der Waals surface area contributed by atoms with Crippen molar-refractivity contribution in [3.8, 4) is 0 Å². The number of carbonyl (C=O) groups excluding carboxylic acids is 1. The maximum absolute atomic E-state index is 11.9. The van der Waals surface area contributed by atoms with Crippen molar-refractivity contribution < 1.29 is 14.7 Å². The maximum atomic E-state index is 11.9. The van der Waals surface area contributed by atoms with Crippen LogP contribution in [0.25, 0.3) is 11.0 Å². The average molecular weight is 328 g/mol. The van der Waals surface area contributed by atoms with Gasteiger partial charge in [-0.15, -0.1) is 0 Å². The molecule has 0 fully saturated rings. The monoisotopic (exact) mass is 327 g/mol. The van der Waals surface area contributed by atoms with Crippen LogP contribution in [0.2, 0.25) is 5.02 Å². The molecule has 1 aromatic carbocycles. The first kappa shape index (κ1) is 15.7. The first-order valence-corrected chi connectivity index (χ1v) is 7.45. The Balaban J connectivity index is 2.45. The van der Waals surface area contributed by atoms with Gasteiger partial charge in [0.25, 0.3) is 0 Å². The van der Waals surface area contributed by atoms with E-state index < -0.39 is 5.97 Å². The van der Waals surface area contributed by atoms with E-state index in [0.717, 1.165) is 11.8 Å². The van der Waals surface area contributed by atoms with E-state index in [1.165, 1.54) is 4.90 Å². The van der Waals surface area contributed by atoms with E-state index in [1.54, 1.807) is 36.9 Å². The van der Waals surface area contributed by atoms with Crippen LogP contribution in [-0.2, 0) is 16.1 Å². The summed E-state index contributed by atoms with van der Waals surface area (Å²) in [5.74, 6) is -1.16. The highest BCUT2D eigenvalue weighted by Crippen LogP contribution is 2.26. The van der Waals surface area contributed by atoms with Crippen molar-refractivity contribution in [3.63, 3.8) is 0 Å². The minimum atomic E-state index is -0.935. The van der Waals surface area contributed by atoms with Crippen LogP contribution in [0.3, 0.4) is 0 Å². The lowest BCUT2D eigenvalue weighted by Gasteiger charge is -2.13. The van der Waals surface area contributed by atoms with Gasteiger partial charge in [0, 0.05) is 19.1 Å². The third kappa shape index (κ3) is 3.68. The van der Waals surface area contributed by atoms with Gasteiger partial charge in [0.15, 0.2) is 5.16 Å². The zero-order valence-electron chi connectivity index (χ0n) is 11.5. The molecule has 0 aliphatic heterocycles. The van der Waals surface area contributed by atoms with Crippen LogP contribution in [0.4, 0.5) is 0 Å². The SMILES string of the molecule is CN(C)C(=O)Cn1c(SCC(=O)O)nc2ccc(Cl)cc21. The Hall–Kier alpha value is -1.73. The summed E-state index contributed by atoms with van der Waals surface area (Å²) in [6, 6.07) is 5.18. The van der Waals surface area contributed by atoms with Crippen molar-refractivity contribution in [3.05, 3.63) is 23.2 Å². The fourth-order valence-corrected chi connectivity index (χ4v) is 2.64. The Bertz CT molecular complexity index is 699. The number of aliphatic carboxylic acids is 1. The molecule has 1 amide bonds. The van der Waals surface area contributed by atoms with Crippen LogP contribution in [-0.4, -0.2) is 51.3 Å². The van der Waals surface area contributed by atoms with Gasteiger partial charge in [0.2, 0.25) is 5.91 Å². The summed E-state index contributed by atoms with van der Waals surface area (Å²) in [7, 11) is 3.33. The highest BCUT2D eigenvalue weighted by Gasteiger charge is 2.16. The first-order valence-electron chi connectivity index (χ1n) is 6.09. The molecule has 0 unspecified atom stereocenters. The van der Waals surface area contributed by atoms with E-state index in [2.05, 4.69) is 4.98 Å². The van der Waals surface area contributed by atoms with Crippen molar-refractivity contribution in [2.75, 3.05) is 19.8 Å². The lowest BCUT2D eigenvalue weighted by atomic mass is 10.3. The molecule has 0 bridgehead atoms. The molecule has 1 N–H and O–H groups in total. The van der Waals surface area contributed by atoms with Gasteiger partial charge in [0.1, 0.15) is 6.54 Å². The normalized spacial score (nSPS) is 10.8. The second kappa shape index (κ2) is 6.36. The fraction of sp³-hybridized carbons (Fsp3) is 0.308. The number of carboxylic acid groups (broad SMARTS) is 1. The molecule has 8 heteroatoms. The number of likely N-dealkylation sites (N-methyl/N-ethyl adjacent to an activating group) is 1. The third-order valence-electron chi connectivity index (χ3n) is 2.79. The molecular formula is C13H14ClN3O3S. The van der Waals surface area contributed by atoms with Crippen LogP contribution in [0, 0.1) is 0 Å². The van der Waals surface area contributed by atoms with Crippen molar-refractivity contribution in [1.29, 1.82) is 0 Å². The van der Waals surface area contributed by atoms with Gasteiger partial charge in [-0.3, -0.25) is 9.59 Å². The number of benzene rings is 1. The summed E-state index contributed by atoms with van der Waals surface area (Å²) >= 11 is 7.07. The zero-order chi connectivity index (χ0) is 15.6. The van der Waals surface area contributed by atoms with Gasteiger partial charge >= 0.3 is 5.97 Å². The lowest BCUT2D eigenvalue weighted by Crippen LogP contribution is -2.26. The Kier molecular flexibility index (Phi) is 4.74. The van der Waals surface area contributed by atoms with Crippen molar-refractivity contribution in [2.24, 2.45) is 0 Å². The molecule has 0 aliphatic rings. The molecule has 112 valence electrons. The standard InChI is InChI=1S/C13H14ClN3O3S/c1-16(2)11(18)6-17-10-5-8(14)3-4-9(10)15-13(17)21-7-12(19)20/h3-5H,6-7H2,1-2H3,(H,19,20). The predicted molar refractivity (Wildman–Crippen MR) is 81.8 cm³/mol. The lowest BCUT2D eigenvalue weighted by molar-refractivity contribution is -0.134. The topological polar surface area (TPSA) is 75.4 Å². The number of carboxylic acids is 1. The maximum Gasteiger partial charge on any atom is 0.313 e. The number of thioether (sulfide) groups is 1. The van der Waals surface area contributed by atoms with Crippen LogP contribution in [0.5, 0.6) is 0 Å². The molecule has 0 spiro atoms. The second-order valence-electron chi connectivity index (χ2n) is 4.58. The van der Waals surface area contributed by atoms with E-state index in [9.17, 15) is 9.59 Å². The number of fused-ring (bicyclic) bond motifs is 1. The van der Waals surface area contributed by atoms with Crippen molar-refractivity contribution in [2.45, 2.75) is 11.7 Å². The summed E-state index contributed by atoms with van der Waals surface area (Å²) in [6.07, 6.45) is 0. The molecule has 21 heavy (non-hydrogen) atoms. The quantitative estimate of drug-likeness (QED) is 0.850. The molecule has 0 saturated carbocycles. The number of hydrogen-bond donors (Lipinski definition) is 1. The number of carbonyl (C=O) groups is 2. The first-order chi connectivity index (χ1) is 9.88. The molecule has 1 heterocycles. The number of rotatable bonds is 5. The molecule has 2 rings (SSSR count).